The maximum Gasteiger partial charge on any atom is 0.0756 e. The van der Waals surface area contributed by atoms with Gasteiger partial charge >= 0.3 is 0 Å². The van der Waals surface area contributed by atoms with Gasteiger partial charge in [0.05, 0.1) is 6.04 Å². The Morgan fingerprint density at radius 2 is 1.75 bits per heavy atom. The van der Waals surface area contributed by atoms with E-state index in [1.165, 1.54) is 11.1 Å². The van der Waals surface area contributed by atoms with Gasteiger partial charge in [0.25, 0.3) is 0 Å². The van der Waals surface area contributed by atoms with Crippen LogP contribution in [0, 0.1) is 6.92 Å². The summed E-state index contributed by atoms with van der Waals surface area (Å²) in [4.78, 5) is 0. The monoisotopic (exact) mass is 265 g/mol. The normalized spacial score (nSPS) is 13.1. The highest BCUT2D eigenvalue weighted by Crippen LogP contribution is 2.21. The Balaban J connectivity index is 2.78. The predicted molar refractivity (Wildman–Crippen MR) is 89.5 cm³/mol. The number of nitrogens with one attached hydrogen (secondary N) is 1. The quantitative estimate of drug-likeness (QED) is 0.683. The smallest absolute Gasteiger partial charge is 0.0756 e. The summed E-state index contributed by atoms with van der Waals surface area (Å²) in [7, 11) is 0. The van der Waals surface area contributed by atoms with Gasteiger partial charge in [-0.05, 0) is 37.3 Å². The molecule has 0 aliphatic heterocycles. The zero-order valence-electron chi connectivity index (χ0n) is 12.3. The standard InChI is InChI=1S/C19H23N/c1-5-7-8-9-10-15-20-19(17(4)6-2)18-13-11-16(3)12-14-18/h5-15,19-20H,2,4H2,1,3H3/b7-5-,9-8-,15-10+. The maximum atomic E-state index is 4.06. The fraction of sp³-hybridized carbons (Fsp3) is 0.158. The van der Waals surface area contributed by atoms with Crippen LogP contribution in [0.5, 0.6) is 0 Å². The molecule has 0 amide bonds. The van der Waals surface area contributed by atoms with Crippen molar-refractivity contribution in [3.8, 4) is 0 Å². The Morgan fingerprint density at radius 1 is 1.10 bits per heavy atom. The van der Waals surface area contributed by atoms with E-state index in [-0.39, 0.29) is 6.04 Å². The number of allylic oxidation sites excluding steroid dienone is 5. The summed E-state index contributed by atoms with van der Waals surface area (Å²) >= 11 is 0. The second kappa shape index (κ2) is 8.76. The van der Waals surface area contributed by atoms with Crippen molar-refractivity contribution >= 4 is 0 Å². The van der Waals surface area contributed by atoms with E-state index in [0.717, 1.165) is 5.57 Å². The molecule has 0 saturated carbocycles. The van der Waals surface area contributed by atoms with Gasteiger partial charge in [0, 0.05) is 0 Å². The van der Waals surface area contributed by atoms with Crippen LogP contribution in [-0.2, 0) is 0 Å². The minimum atomic E-state index is 0.0551. The maximum absolute atomic E-state index is 4.06. The molecule has 1 atom stereocenters. The third-order valence-electron chi connectivity index (χ3n) is 2.93. The second-order valence-electron chi connectivity index (χ2n) is 4.56. The number of rotatable bonds is 7. The summed E-state index contributed by atoms with van der Waals surface area (Å²) in [5.41, 5.74) is 3.39. The molecule has 0 aromatic heterocycles. The first-order valence-corrected chi connectivity index (χ1v) is 6.77. The minimum absolute atomic E-state index is 0.0551. The molecular weight excluding hydrogens is 242 g/mol. The van der Waals surface area contributed by atoms with Gasteiger partial charge in [-0.1, -0.05) is 73.4 Å². The summed E-state index contributed by atoms with van der Waals surface area (Å²) in [5, 5.41) is 3.36. The highest BCUT2D eigenvalue weighted by molar-refractivity contribution is 5.34. The van der Waals surface area contributed by atoms with Crippen LogP contribution in [0.3, 0.4) is 0 Å². The lowest BCUT2D eigenvalue weighted by atomic mass is 9.99. The summed E-state index contributed by atoms with van der Waals surface area (Å²) < 4.78 is 0. The van der Waals surface area contributed by atoms with Gasteiger partial charge in [0.2, 0.25) is 0 Å². The van der Waals surface area contributed by atoms with Crippen LogP contribution in [0.1, 0.15) is 24.1 Å². The minimum Gasteiger partial charge on any atom is -0.380 e. The van der Waals surface area contributed by atoms with Crippen LogP contribution in [0.15, 0.2) is 85.7 Å². The molecule has 104 valence electrons. The molecule has 0 aliphatic carbocycles. The highest BCUT2D eigenvalue weighted by Gasteiger charge is 2.10. The van der Waals surface area contributed by atoms with Crippen molar-refractivity contribution in [2.75, 3.05) is 0 Å². The fourth-order valence-corrected chi connectivity index (χ4v) is 1.74. The number of hydrogen-bond acceptors (Lipinski definition) is 1. The van der Waals surface area contributed by atoms with Gasteiger partial charge in [0.15, 0.2) is 0 Å². The molecule has 1 nitrogen and oxygen atoms in total. The molecule has 1 N–H and O–H groups in total. The van der Waals surface area contributed by atoms with Crippen molar-refractivity contribution in [2.24, 2.45) is 0 Å². The van der Waals surface area contributed by atoms with Crippen LogP contribution in [-0.4, -0.2) is 0 Å². The van der Waals surface area contributed by atoms with Crippen LogP contribution < -0.4 is 5.32 Å². The Bertz CT molecular complexity index is 515. The third-order valence-corrected chi connectivity index (χ3v) is 2.93. The van der Waals surface area contributed by atoms with Gasteiger partial charge < -0.3 is 5.32 Å². The average Bonchev–Trinajstić information content (AvgIpc) is 2.47. The average molecular weight is 265 g/mol. The van der Waals surface area contributed by atoms with Crippen LogP contribution in [0.2, 0.25) is 0 Å². The van der Waals surface area contributed by atoms with E-state index in [0.29, 0.717) is 0 Å². The zero-order chi connectivity index (χ0) is 14.8. The molecule has 1 rings (SSSR count). The SMILES string of the molecule is C=CC(=C)C(N/C=C/C=C\C=C/C)c1ccc(C)cc1. The first-order valence-electron chi connectivity index (χ1n) is 6.77. The Kier molecular flexibility index (Phi) is 6.91. The first kappa shape index (κ1) is 15.8. The van der Waals surface area contributed by atoms with E-state index in [2.05, 4.69) is 49.7 Å². The first-order chi connectivity index (χ1) is 9.69. The van der Waals surface area contributed by atoms with E-state index < -0.39 is 0 Å². The largest absolute Gasteiger partial charge is 0.380 e. The predicted octanol–water partition coefficient (Wildman–Crippen LogP) is 5.01. The summed E-state index contributed by atoms with van der Waals surface area (Å²) in [6.45, 7) is 11.9. The molecule has 0 aliphatic rings. The molecule has 0 bridgehead atoms. The summed E-state index contributed by atoms with van der Waals surface area (Å²) in [5.74, 6) is 0. The van der Waals surface area contributed by atoms with Crippen molar-refractivity contribution < 1.29 is 0 Å². The van der Waals surface area contributed by atoms with E-state index in [4.69, 9.17) is 0 Å². The third kappa shape index (κ3) is 5.15. The Hall–Kier alpha value is -2.28. The lowest BCUT2D eigenvalue weighted by Crippen LogP contribution is -2.16. The summed E-state index contributed by atoms with van der Waals surface area (Å²) in [6, 6.07) is 8.50. The van der Waals surface area contributed by atoms with Crippen LogP contribution in [0.25, 0.3) is 0 Å². The molecule has 0 radical (unpaired) electrons. The van der Waals surface area contributed by atoms with Gasteiger partial charge in [0.1, 0.15) is 0 Å². The highest BCUT2D eigenvalue weighted by atomic mass is 14.9. The fourth-order valence-electron chi connectivity index (χ4n) is 1.74. The number of benzene rings is 1. The van der Waals surface area contributed by atoms with Crippen molar-refractivity contribution in [1.29, 1.82) is 0 Å². The van der Waals surface area contributed by atoms with Crippen molar-refractivity contribution in [3.63, 3.8) is 0 Å². The number of hydrogen-bond donors (Lipinski definition) is 1. The Labute approximate surface area is 122 Å². The molecule has 0 saturated heterocycles. The molecule has 1 heteroatoms. The molecule has 0 fully saturated rings. The van der Waals surface area contributed by atoms with Crippen molar-refractivity contribution in [3.05, 3.63) is 96.8 Å². The topological polar surface area (TPSA) is 12.0 Å². The van der Waals surface area contributed by atoms with Crippen LogP contribution >= 0.6 is 0 Å². The second-order valence-corrected chi connectivity index (χ2v) is 4.56. The molecule has 0 heterocycles. The lowest BCUT2D eigenvalue weighted by Gasteiger charge is -2.18. The van der Waals surface area contributed by atoms with E-state index >= 15 is 0 Å². The van der Waals surface area contributed by atoms with E-state index in [1.54, 1.807) is 6.08 Å². The molecule has 1 aromatic rings. The van der Waals surface area contributed by atoms with Gasteiger partial charge in [-0.15, -0.1) is 0 Å². The Morgan fingerprint density at radius 3 is 2.35 bits per heavy atom. The van der Waals surface area contributed by atoms with Gasteiger partial charge in [-0.2, -0.15) is 0 Å². The molecule has 1 aromatic carbocycles. The number of aryl methyl sites for hydroxylation is 1. The van der Waals surface area contributed by atoms with Gasteiger partial charge in [-0.25, -0.2) is 0 Å². The summed E-state index contributed by atoms with van der Waals surface area (Å²) in [6.07, 6.45) is 13.6. The molecule has 0 spiro atoms. The molecule has 1 unspecified atom stereocenters. The lowest BCUT2D eigenvalue weighted by molar-refractivity contribution is 0.730. The van der Waals surface area contributed by atoms with E-state index in [1.807, 2.05) is 43.5 Å². The zero-order valence-corrected chi connectivity index (χ0v) is 12.3. The molecular formula is C19H23N. The van der Waals surface area contributed by atoms with Gasteiger partial charge in [-0.3, -0.25) is 0 Å². The van der Waals surface area contributed by atoms with Crippen LogP contribution in [0.4, 0.5) is 0 Å². The van der Waals surface area contributed by atoms with Crippen molar-refractivity contribution in [1.82, 2.24) is 5.32 Å². The van der Waals surface area contributed by atoms with E-state index in [9.17, 15) is 0 Å². The molecule has 20 heavy (non-hydrogen) atoms. The van der Waals surface area contributed by atoms with Crippen molar-refractivity contribution in [2.45, 2.75) is 19.9 Å².